The number of carbonyl (C=O) groups is 1. The molecule has 0 unspecified atom stereocenters. The minimum atomic E-state index is -4.23. The number of pyridine rings is 1. The number of hydrogen-bond acceptors (Lipinski definition) is 6. The Balaban J connectivity index is 0.00000336. The zero-order chi connectivity index (χ0) is 26.0. The van der Waals surface area contributed by atoms with E-state index in [0.29, 0.717) is 22.6 Å². The fraction of sp³-hybridized carbons (Fsp3) is 0.0741. The molecule has 0 radical (unpaired) electrons. The van der Waals surface area contributed by atoms with Gasteiger partial charge in [-0.15, -0.1) is 12.4 Å². The lowest BCUT2D eigenvalue weighted by molar-refractivity contribution is 0.0697. The van der Waals surface area contributed by atoms with Crippen LogP contribution in [-0.4, -0.2) is 41.4 Å². The zero-order valence-electron chi connectivity index (χ0n) is 20.1. The maximum atomic E-state index is 14.1. The first-order valence-corrected chi connectivity index (χ1v) is 12.7. The third-order valence-electron chi connectivity index (χ3n) is 5.87. The Morgan fingerprint density at radius 3 is 2.18 bits per heavy atom. The van der Waals surface area contributed by atoms with E-state index in [0.717, 1.165) is 4.31 Å². The van der Waals surface area contributed by atoms with Crippen molar-refractivity contribution in [2.24, 2.45) is 0 Å². The van der Waals surface area contributed by atoms with Crippen LogP contribution >= 0.6 is 12.4 Å². The van der Waals surface area contributed by atoms with Gasteiger partial charge in [-0.2, -0.15) is 5.10 Å². The number of methoxy groups -OCH3 is 1. The number of benzene rings is 3. The summed E-state index contributed by atoms with van der Waals surface area (Å²) in [4.78, 5) is 16.7. The van der Waals surface area contributed by atoms with Crippen LogP contribution in [0.5, 0.6) is 5.75 Å². The molecule has 0 fully saturated rings. The molecule has 2 heterocycles. The highest BCUT2D eigenvalue weighted by atomic mass is 35.5. The molecule has 0 bridgehead atoms. The van der Waals surface area contributed by atoms with E-state index in [2.05, 4.69) is 10.1 Å². The Bertz CT molecular complexity index is 1680. The average molecular weight is 551 g/mol. The molecule has 0 saturated heterocycles. The van der Waals surface area contributed by atoms with Crippen LogP contribution < -0.4 is 9.04 Å². The van der Waals surface area contributed by atoms with Gasteiger partial charge in [0.25, 0.3) is 10.0 Å². The fourth-order valence-electron chi connectivity index (χ4n) is 4.06. The topological polar surface area (TPSA) is 115 Å². The number of nitrogens with zero attached hydrogens (tertiary/aromatic N) is 4. The van der Waals surface area contributed by atoms with E-state index in [1.807, 2.05) is 36.4 Å². The molecular weight excluding hydrogens is 528 g/mol. The van der Waals surface area contributed by atoms with Gasteiger partial charge in [0.1, 0.15) is 11.3 Å². The standard InChI is InChI=1S/C27H22N4O5S.ClH/c1-36-21-12-14-22(15-13-21)37(34,35)30(18-19-8-4-2-5-9-19)25-23-17-29-31(20-10-6-3-7-11-20)26(23)28-16-24(25)27(32)33;/h2-17H,18H2,1H3,(H,32,33);1H. The van der Waals surface area contributed by atoms with Crippen molar-refractivity contribution in [3.8, 4) is 11.4 Å². The molecule has 3 aromatic carbocycles. The molecule has 9 nitrogen and oxygen atoms in total. The van der Waals surface area contributed by atoms with Gasteiger partial charge in [-0.05, 0) is 42.0 Å². The molecule has 5 rings (SSSR count). The number of ether oxygens (including phenoxy) is 1. The van der Waals surface area contributed by atoms with E-state index in [4.69, 9.17) is 4.74 Å². The monoisotopic (exact) mass is 550 g/mol. The van der Waals surface area contributed by atoms with Gasteiger partial charge in [0.2, 0.25) is 0 Å². The number of aromatic nitrogens is 3. The molecule has 5 aromatic rings. The summed E-state index contributed by atoms with van der Waals surface area (Å²) in [5.41, 5.74) is 1.43. The second-order valence-corrected chi connectivity index (χ2v) is 9.99. The number of aromatic carboxylic acids is 1. The van der Waals surface area contributed by atoms with E-state index in [1.165, 1.54) is 31.6 Å². The van der Waals surface area contributed by atoms with Crippen LogP contribution in [0, 0.1) is 0 Å². The second-order valence-electron chi connectivity index (χ2n) is 8.13. The predicted molar refractivity (Wildman–Crippen MR) is 146 cm³/mol. The lowest BCUT2D eigenvalue weighted by atomic mass is 10.1. The highest BCUT2D eigenvalue weighted by molar-refractivity contribution is 7.92. The van der Waals surface area contributed by atoms with E-state index in [1.54, 1.807) is 41.1 Å². The second kappa shape index (κ2) is 10.9. The van der Waals surface area contributed by atoms with Crippen molar-refractivity contribution in [3.05, 3.63) is 108 Å². The molecule has 0 spiro atoms. The van der Waals surface area contributed by atoms with Crippen LogP contribution in [0.25, 0.3) is 16.7 Å². The average Bonchev–Trinajstić information content (AvgIpc) is 3.36. The van der Waals surface area contributed by atoms with Gasteiger partial charge >= 0.3 is 5.97 Å². The first kappa shape index (κ1) is 26.6. The van der Waals surface area contributed by atoms with Gasteiger partial charge in [-0.25, -0.2) is 22.9 Å². The van der Waals surface area contributed by atoms with E-state index < -0.39 is 16.0 Å². The number of sulfonamides is 1. The number of anilines is 1. The minimum Gasteiger partial charge on any atom is -0.497 e. The van der Waals surface area contributed by atoms with Crippen LogP contribution in [0.15, 0.2) is 102 Å². The van der Waals surface area contributed by atoms with Gasteiger partial charge in [0.15, 0.2) is 5.65 Å². The van der Waals surface area contributed by atoms with Gasteiger partial charge in [-0.1, -0.05) is 48.5 Å². The molecule has 38 heavy (non-hydrogen) atoms. The first-order chi connectivity index (χ1) is 17.9. The lowest BCUT2D eigenvalue weighted by Crippen LogP contribution is -2.32. The molecule has 0 atom stereocenters. The molecular formula is C27H23ClN4O5S. The van der Waals surface area contributed by atoms with Gasteiger partial charge in [0.05, 0.1) is 41.5 Å². The summed E-state index contributed by atoms with van der Waals surface area (Å²) in [6, 6.07) is 24.1. The van der Waals surface area contributed by atoms with Gasteiger partial charge < -0.3 is 9.84 Å². The number of carboxylic acid groups (broad SMARTS) is 1. The summed E-state index contributed by atoms with van der Waals surface area (Å²) in [5, 5.41) is 14.8. The fourth-order valence-corrected chi connectivity index (χ4v) is 5.55. The molecule has 0 aliphatic rings. The summed E-state index contributed by atoms with van der Waals surface area (Å²) in [5.74, 6) is -0.810. The zero-order valence-corrected chi connectivity index (χ0v) is 21.8. The predicted octanol–water partition coefficient (Wildman–Crippen LogP) is 4.94. The van der Waals surface area contributed by atoms with Crippen molar-refractivity contribution < 1.29 is 23.1 Å². The van der Waals surface area contributed by atoms with Crippen molar-refractivity contribution in [2.45, 2.75) is 11.4 Å². The molecule has 1 N–H and O–H groups in total. The molecule has 11 heteroatoms. The smallest absolute Gasteiger partial charge is 0.339 e. The van der Waals surface area contributed by atoms with Crippen molar-refractivity contribution in [2.75, 3.05) is 11.4 Å². The minimum absolute atomic E-state index is 0. The SMILES string of the molecule is COc1ccc(S(=O)(=O)N(Cc2ccccc2)c2c(C(=O)O)cnc3c2cnn3-c2ccccc2)cc1.Cl. The number of rotatable bonds is 8. The third kappa shape index (κ3) is 4.91. The van der Waals surface area contributed by atoms with Crippen LogP contribution in [0.3, 0.4) is 0 Å². The summed E-state index contributed by atoms with van der Waals surface area (Å²) in [6.45, 7) is -0.106. The molecule has 0 aliphatic heterocycles. The van der Waals surface area contributed by atoms with Crippen molar-refractivity contribution >= 4 is 45.1 Å². The summed E-state index contributed by atoms with van der Waals surface area (Å²) < 4.78 is 36.0. The van der Waals surface area contributed by atoms with E-state index >= 15 is 0 Å². The number of hydrogen-bond donors (Lipinski definition) is 1. The molecule has 194 valence electrons. The molecule has 0 amide bonds. The Morgan fingerprint density at radius 2 is 1.58 bits per heavy atom. The maximum Gasteiger partial charge on any atom is 0.339 e. The summed E-state index contributed by atoms with van der Waals surface area (Å²) in [7, 11) is -2.74. The Hall–Kier alpha value is -4.41. The highest BCUT2D eigenvalue weighted by Crippen LogP contribution is 2.36. The first-order valence-electron chi connectivity index (χ1n) is 11.3. The number of para-hydroxylation sites is 1. The van der Waals surface area contributed by atoms with E-state index in [9.17, 15) is 18.3 Å². The Labute approximate surface area is 225 Å². The molecule has 0 aliphatic carbocycles. The Kier molecular flexibility index (Phi) is 7.65. The third-order valence-corrected chi connectivity index (χ3v) is 7.63. The quantitative estimate of drug-likeness (QED) is 0.291. The van der Waals surface area contributed by atoms with Crippen LogP contribution in [0.4, 0.5) is 5.69 Å². The van der Waals surface area contributed by atoms with Crippen molar-refractivity contribution in [3.63, 3.8) is 0 Å². The van der Waals surface area contributed by atoms with Crippen LogP contribution in [0.1, 0.15) is 15.9 Å². The molecule has 2 aromatic heterocycles. The summed E-state index contributed by atoms with van der Waals surface area (Å²) in [6.07, 6.45) is 2.61. The summed E-state index contributed by atoms with van der Waals surface area (Å²) >= 11 is 0. The largest absolute Gasteiger partial charge is 0.497 e. The van der Waals surface area contributed by atoms with Crippen LogP contribution in [-0.2, 0) is 16.6 Å². The maximum absolute atomic E-state index is 14.1. The molecule has 0 saturated carbocycles. The van der Waals surface area contributed by atoms with Gasteiger partial charge in [-0.3, -0.25) is 4.31 Å². The number of fused-ring (bicyclic) bond motifs is 1. The van der Waals surface area contributed by atoms with Gasteiger partial charge in [0, 0.05) is 6.20 Å². The lowest BCUT2D eigenvalue weighted by Gasteiger charge is -2.26. The van der Waals surface area contributed by atoms with E-state index in [-0.39, 0.29) is 40.5 Å². The van der Waals surface area contributed by atoms with Crippen molar-refractivity contribution in [1.29, 1.82) is 0 Å². The normalized spacial score (nSPS) is 11.1. The Morgan fingerprint density at radius 1 is 0.947 bits per heavy atom. The highest BCUT2D eigenvalue weighted by Gasteiger charge is 2.32. The number of halogens is 1. The van der Waals surface area contributed by atoms with Crippen LogP contribution in [0.2, 0.25) is 0 Å². The van der Waals surface area contributed by atoms with Crippen molar-refractivity contribution in [1.82, 2.24) is 14.8 Å². The number of carboxylic acids is 1.